The molecule has 1 saturated heterocycles. The molecule has 0 unspecified atom stereocenters. The summed E-state index contributed by atoms with van der Waals surface area (Å²) in [4.78, 5) is 115. The van der Waals surface area contributed by atoms with Crippen molar-refractivity contribution >= 4 is 70.0 Å². The molecule has 7 amide bonds. The Morgan fingerprint density at radius 1 is 0.850 bits per heavy atom. The highest BCUT2D eigenvalue weighted by atomic mass is 32.2. The van der Waals surface area contributed by atoms with Crippen molar-refractivity contribution in [1.82, 2.24) is 41.8 Å². The van der Waals surface area contributed by atoms with Gasteiger partial charge in [0.1, 0.15) is 47.9 Å². The van der Waals surface area contributed by atoms with E-state index < -0.39 is 133 Å². The molecule has 3 aliphatic heterocycles. The van der Waals surface area contributed by atoms with Gasteiger partial charge >= 0.3 is 5.97 Å². The predicted molar refractivity (Wildman–Crippen MR) is 208 cm³/mol. The Morgan fingerprint density at radius 2 is 1.48 bits per heavy atom. The van der Waals surface area contributed by atoms with Crippen LogP contribution in [0.2, 0.25) is 0 Å². The summed E-state index contributed by atoms with van der Waals surface area (Å²) in [6.07, 6.45) is -5.26. The number of aromatic amines is 1. The van der Waals surface area contributed by atoms with E-state index in [0.29, 0.717) is 21.5 Å². The largest absolute Gasteiger partial charge is 0.479 e. The summed E-state index contributed by atoms with van der Waals surface area (Å²) in [5.74, 6) is -10.5. The second-order valence-electron chi connectivity index (χ2n) is 15.5. The zero-order valence-corrected chi connectivity index (χ0v) is 33.7. The number of hydrogen-bond donors (Lipinski definition) is 13. The van der Waals surface area contributed by atoms with E-state index in [1.807, 2.05) is 0 Å². The van der Waals surface area contributed by atoms with Gasteiger partial charge in [0.05, 0.1) is 24.3 Å². The summed E-state index contributed by atoms with van der Waals surface area (Å²) in [6, 6.07) is -4.86. The van der Waals surface area contributed by atoms with E-state index in [1.165, 1.54) is 20.8 Å². The number of aliphatic hydroxyl groups excluding tert-OH is 4. The SMILES string of the molecule is CC(C)[C@@H]1NC(=O)[C@H](CC(O)(CO)CO)NC(=O)[C@@H]2Cc3c([nH]c4ccccc34)SC[C@H](NC(=O)[C@@H]([C@H](O)C(=O)O)NC1=O)C(=O)N1C[C@@H](O)C[C@H]1C(=O)N[C@@H](C)C(=O)N2. The molecule has 9 atom stereocenters. The number of thioether (sulfide) groups is 1. The average Bonchev–Trinajstić information content (AvgIpc) is 3.77. The van der Waals surface area contributed by atoms with Crippen LogP contribution in [-0.2, 0) is 44.8 Å². The maximum atomic E-state index is 14.4. The number of carbonyl (C=O) groups excluding carboxylic acids is 7. The molecule has 0 saturated carbocycles. The number of carboxylic acids is 1. The van der Waals surface area contributed by atoms with E-state index in [0.717, 1.165) is 16.7 Å². The molecule has 13 N–H and O–H groups in total. The van der Waals surface area contributed by atoms with Crippen molar-refractivity contribution in [2.45, 2.75) is 105 Å². The number of fused-ring (bicyclic) bond motifs is 5. The van der Waals surface area contributed by atoms with Crippen molar-refractivity contribution in [3.05, 3.63) is 29.8 Å². The van der Waals surface area contributed by atoms with Crippen molar-refractivity contribution in [2.24, 2.45) is 5.92 Å². The monoisotopic (exact) mass is 862 g/mol. The van der Waals surface area contributed by atoms with Gasteiger partial charge in [0, 0.05) is 42.5 Å². The van der Waals surface area contributed by atoms with E-state index >= 15 is 0 Å². The van der Waals surface area contributed by atoms with Crippen LogP contribution >= 0.6 is 11.8 Å². The number of amides is 7. The lowest BCUT2D eigenvalue weighted by atomic mass is 9.94. The number of aliphatic hydroxyl groups is 5. The van der Waals surface area contributed by atoms with Crippen LogP contribution in [0, 0.1) is 5.92 Å². The molecule has 0 aliphatic carbocycles. The van der Waals surface area contributed by atoms with Crippen LogP contribution in [-0.4, -0.2) is 173 Å². The molecule has 60 heavy (non-hydrogen) atoms. The van der Waals surface area contributed by atoms with Gasteiger partial charge in [0.2, 0.25) is 41.4 Å². The maximum absolute atomic E-state index is 14.4. The first-order valence-corrected chi connectivity index (χ1v) is 20.1. The molecule has 2 bridgehead atoms. The zero-order chi connectivity index (χ0) is 44.2. The number of rotatable bonds is 7. The van der Waals surface area contributed by atoms with Crippen LogP contribution < -0.4 is 31.9 Å². The minimum Gasteiger partial charge on any atom is -0.479 e. The van der Waals surface area contributed by atoms with Crippen molar-refractivity contribution in [1.29, 1.82) is 0 Å². The second kappa shape index (κ2) is 18.9. The quantitative estimate of drug-likeness (QED) is 0.124. The molecule has 0 radical (unpaired) electrons. The summed E-state index contributed by atoms with van der Waals surface area (Å²) >= 11 is 0.953. The highest BCUT2D eigenvalue weighted by Crippen LogP contribution is 2.32. The number of aliphatic carboxylic acids is 1. The van der Waals surface area contributed by atoms with Crippen LogP contribution in [0.25, 0.3) is 10.9 Å². The number of nitrogens with zero attached hydrogens (tertiary/aromatic N) is 1. The molecule has 5 rings (SSSR count). The Labute approximate surface area is 346 Å². The zero-order valence-electron chi connectivity index (χ0n) is 32.8. The lowest BCUT2D eigenvalue weighted by Crippen LogP contribution is -2.64. The number of carbonyl (C=O) groups is 8. The van der Waals surface area contributed by atoms with E-state index in [2.05, 4.69) is 36.9 Å². The maximum Gasteiger partial charge on any atom is 0.335 e. The molecule has 3 aliphatic rings. The lowest BCUT2D eigenvalue weighted by molar-refractivity contribution is -0.152. The van der Waals surface area contributed by atoms with Gasteiger partial charge in [-0.3, -0.25) is 33.6 Å². The minimum absolute atomic E-state index is 0.277. The Bertz CT molecular complexity index is 2010. The van der Waals surface area contributed by atoms with Crippen LogP contribution in [0.15, 0.2) is 29.3 Å². The molecule has 0 spiro atoms. The van der Waals surface area contributed by atoms with Crippen molar-refractivity contribution < 1.29 is 69.0 Å². The fraction of sp³-hybridized carbons (Fsp3) is 0.568. The summed E-state index contributed by atoms with van der Waals surface area (Å²) < 4.78 is 0. The standard InChI is InChI=1S/C37H50N8O14S/c1-15(2)25-32(54)44-26(27(49)36(57)58)33(55)41-23-12-60-34-19(18-6-4-5-7-20(18)42-34)9-21(29(51)40-22(30(52)43-25)10-37(59,13-46)14-47)39-28(50)16(3)38-31(53)24-8-17(48)11-45(24)35(23)56/h4-7,15-17,21-27,42,46-49,59H,8-14H2,1-3H3,(H,38,53)(H,39,50)(H,40,51)(H,41,55)(H,43,52)(H,44,54)(H,57,58)/t16-,17-,21-,22-,23-,24-,25-,26+,27-/m0/s1. The van der Waals surface area contributed by atoms with Crippen LogP contribution in [0.1, 0.15) is 39.2 Å². The Hall–Kier alpha value is -5.33. The molecule has 1 aromatic heterocycles. The van der Waals surface area contributed by atoms with E-state index in [9.17, 15) is 69.0 Å². The predicted octanol–water partition coefficient (Wildman–Crippen LogP) is -5.07. The number of benzene rings is 1. The summed E-state index contributed by atoms with van der Waals surface area (Å²) in [5, 5.41) is 77.4. The molecular weight excluding hydrogens is 813 g/mol. The molecule has 23 heteroatoms. The van der Waals surface area contributed by atoms with Crippen molar-refractivity contribution in [3.63, 3.8) is 0 Å². The number of hydrogen-bond acceptors (Lipinski definition) is 14. The topological polar surface area (TPSA) is 349 Å². The highest BCUT2D eigenvalue weighted by Gasteiger charge is 2.45. The lowest BCUT2D eigenvalue weighted by Gasteiger charge is -2.32. The molecule has 1 fully saturated rings. The van der Waals surface area contributed by atoms with Gasteiger partial charge in [-0.2, -0.15) is 0 Å². The number of para-hydroxylation sites is 1. The molecule has 22 nitrogen and oxygen atoms in total. The third-order valence-corrected chi connectivity index (χ3v) is 11.8. The molecule has 4 heterocycles. The van der Waals surface area contributed by atoms with Gasteiger partial charge in [-0.1, -0.05) is 32.0 Å². The number of H-pyrrole nitrogens is 1. The van der Waals surface area contributed by atoms with Gasteiger partial charge in [0.25, 0.3) is 0 Å². The smallest absolute Gasteiger partial charge is 0.335 e. The number of carboxylic acid groups (broad SMARTS) is 1. The third kappa shape index (κ3) is 10.2. The molecule has 328 valence electrons. The molecule has 2 aromatic rings. The fourth-order valence-electron chi connectivity index (χ4n) is 7.20. The fourth-order valence-corrected chi connectivity index (χ4v) is 8.31. The Morgan fingerprint density at radius 3 is 2.13 bits per heavy atom. The van der Waals surface area contributed by atoms with Gasteiger partial charge in [-0.15, -0.1) is 11.8 Å². The van der Waals surface area contributed by atoms with Gasteiger partial charge < -0.3 is 72.4 Å². The van der Waals surface area contributed by atoms with Crippen LogP contribution in [0.3, 0.4) is 0 Å². The van der Waals surface area contributed by atoms with Gasteiger partial charge in [-0.25, -0.2) is 4.79 Å². The van der Waals surface area contributed by atoms with E-state index in [4.69, 9.17) is 0 Å². The summed E-state index contributed by atoms with van der Waals surface area (Å²) in [7, 11) is 0. The normalized spacial score (nSPS) is 28.4. The summed E-state index contributed by atoms with van der Waals surface area (Å²) in [6.45, 7) is 1.65. The first kappa shape index (κ1) is 45.7. The van der Waals surface area contributed by atoms with Crippen LogP contribution in [0.4, 0.5) is 0 Å². The van der Waals surface area contributed by atoms with E-state index in [1.54, 1.807) is 24.3 Å². The van der Waals surface area contributed by atoms with E-state index in [-0.39, 0.29) is 25.1 Å². The minimum atomic E-state index is -2.61. The van der Waals surface area contributed by atoms with Crippen molar-refractivity contribution in [3.8, 4) is 0 Å². The van der Waals surface area contributed by atoms with Gasteiger partial charge in [0.15, 0.2) is 6.10 Å². The van der Waals surface area contributed by atoms with Crippen LogP contribution in [0.5, 0.6) is 0 Å². The average molecular weight is 863 g/mol. The second-order valence-corrected chi connectivity index (χ2v) is 16.6. The first-order valence-electron chi connectivity index (χ1n) is 19.2. The van der Waals surface area contributed by atoms with Crippen molar-refractivity contribution in [2.75, 3.05) is 25.5 Å². The summed E-state index contributed by atoms with van der Waals surface area (Å²) in [5.41, 5.74) is -1.43. The number of nitrogens with one attached hydrogen (secondary N) is 7. The Balaban J connectivity index is 1.74. The number of aromatic nitrogens is 1. The molecule has 1 aromatic carbocycles. The van der Waals surface area contributed by atoms with Gasteiger partial charge in [-0.05, 0) is 24.5 Å². The highest BCUT2D eigenvalue weighted by molar-refractivity contribution is 7.99. The first-order chi connectivity index (χ1) is 28.3. The third-order valence-electron chi connectivity index (χ3n) is 10.6. The Kier molecular flexibility index (Phi) is 14.4. The molecular formula is C37H50N8O14S.